The minimum atomic E-state index is -0.515. The highest BCUT2D eigenvalue weighted by molar-refractivity contribution is 5.74. The van der Waals surface area contributed by atoms with Gasteiger partial charge in [-0.3, -0.25) is 4.79 Å². The first-order valence-electron chi connectivity index (χ1n) is 8.22. The highest BCUT2D eigenvalue weighted by Gasteiger charge is 2.57. The molecule has 0 spiro atoms. The van der Waals surface area contributed by atoms with Gasteiger partial charge in [-0.15, -0.1) is 0 Å². The van der Waals surface area contributed by atoms with Crippen molar-refractivity contribution in [1.82, 2.24) is 0 Å². The predicted molar refractivity (Wildman–Crippen MR) is 79.0 cm³/mol. The summed E-state index contributed by atoms with van der Waals surface area (Å²) in [5.74, 6) is 2.59. The van der Waals surface area contributed by atoms with Crippen molar-refractivity contribution in [3.63, 3.8) is 0 Å². The minimum Gasteiger partial charge on any atom is -0.459 e. The van der Waals surface area contributed by atoms with E-state index in [0.717, 1.165) is 11.8 Å². The summed E-state index contributed by atoms with van der Waals surface area (Å²) in [7, 11) is 0. The van der Waals surface area contributed by atoms with E-state index < -0.39 is 5.54 Å². The normalized spacial score (nSPS) is 44.5. The molecule has 4 saturated carbocycles. The Balaban J connectivity index is 1.75. The van der Waals surface area contributed by atoms with Gasteiger partial charge in [0.05, 0.1) is 5.92 Å². The summed E-state index contributed by atoms with van der Waals surface area (Å²) in [6, 6.07) is 0. The molecule has 1 atom stereocenters. The lowest BCUT2D eigenvalue weighted by Gasteiger charge is -2.59. The van der Waals surface area contributed by atoms with Gasteiger partial charge in [-0.1, -0.05) is 6.92 Å². The van der Waals surface area contributed by atoms with Gasteiger partial charge in [0.25, 0.3) is 0 Å². The third-order valence-corrected chi connectivity index (χ3v) is 6.55. The van der Waals surface area contributed by atoms with Gasteiger partial charge < -0.3 is 10.5 Å². The van der Waals surface area contributed by atoms with Crippen LogP contribution in [0.5, 0.6) is 0 Å². The molecule has 0 aromatic rings. The van der Waals surface area contributed by atoms with E-state index in [9.17, 15) is 4.79 Å². The Kier molecular flexibility index (Phi) is 3.20. The van der Waals surface area contributed by atoms with Crippen molar-refractivity contribution in [1.29, 1.82) is 0 Å². The van der Waals surface area contributed by atoms with Gasteiger partial charge in [-0.2, -0.15) is 0 Å². The van der Waals surface area contributed by atoms with Crippen LogP contribution >= 0.6 is 0 Å². The van der Waals surface area contributed by atoms with Gasteiger partial charge in [0, 0.05) is 5.54 Å². The Morgan fingerprint density at radius 1 is 1.15 bits per heavy atom. The number of ether oxygens (including phenoxy) is 1. The van der Waals surface area contributed by atoms with E-state index in [0.29, 0.717) is 11.8 Å². The van der Waals surface area contributed by atoms with Gasteiger partial charge in [-0.05, 0) is 76.5 Å². The SMILES string of the molecule is CC(C(=O)OC1(C)C2CC3CC(C2)CC1C3)C(C)(C)N. The van der Waals surface area contributed by atoms with Crippen molar-refractivity contribution in [2.45, 2.75) is 70.9 Å². The second kappa shape index (κ2) is 4.46. The molecule has 0 amide bonds. The molecule has 0 aromatic carbocycles. The molecule has 4 fully saturated rings. The first-order chi connectivity index (χ1) is 9.20. The maximum Gasteiger partial charge on any atom is 0.311 e. The fraction of sp³-hybridized carbons (Fsp3) is 0.941. The Morgan fingerprint density at radius 3 is 2.00 bits per heavy atom. The molecule has 0 heterocycles. The monoisotopic (exact) mass is 279 g/mol. The molecule has 0 saturated heterocycles. The fourth-order valence-electron chi connectivity index (χ4n) is 4.90. The molecular formula is C17H29NO2. The average molecular weight is 279 g/mol. The van der Waals surface area contributed by atoms with Crippen LogP contribution in [-0.4, -0.2) is 17.1 Å². The molecule has 20 heavy (non-hydrogen) atoms. The van der Waals surface area contributed by atoms with Crippen molar-refractivity contribution >= 4 is 5.97 Å². The van der Waals surface area contributed by atoms with E-state index in [2.05, 4.69) is 6.92 Å². The summed E-state index contributed by atoms with van der Waals surface area (Å²) in [5, 5.41) is 0. The zero-order valence-corrected chi connectivity index (χ0v) is 13.3. The van der Waals surface area contributed by atoms with Crippen LogP contribution < -0.4 is 5.73 Å². The van der Waals surface area contributed by atoms with Crippen LogP contribution in [-0.2, 0) is 9.53 Å². The lowest BCUT2D eigenvalue weighted by atomic mass is 9.50. The lowest BCUT2D eigenvalue weighted by Crippen LogP contribution is -2.59. The van der Waals surface area contributed by atoms with Crippen LogP contribution in [0.4, 0.5) is 0 Å². The summed E-state index contributed by atoms with van der Waals surface area (Å²) in [4.78, 5) is 12.5. The molecule has 1 unspecified atom stereocenters. The average Bonchev–Trinajstić information content (AvgIpc) is 2.33. The topological polar surface area (TPSA) is 52.3 Å². The molecule has 4 rings (SSSR count). The number of hydrogen-bond donors (Lipinski definition) is 1. The summed E-state index contributed by atoms with van der Waals surface area (Å²) in [6.45, 7) is 7.88. The van der Waals surface area contributed by atoms with Crippen LogP contribution in [0, 0.1) is 29.6 Å². The first-order valence-corrected chi connectivity index (χ1v) is 8.22. The Bertz CT molecular complexity index is 382. The van der Waals surface area contributed by atoms with E-state index in [-0.39, 0.29) is 17.5 Å². The molecule has 114 valence electrons. The number of nitrogens with two attached hydrogens (primary N) is 1. The number of hydrogen-bond acceptors (Lipinski definition) is 3. The molecule has 4 aliphatic rings. The molecule has 4 bridgehead atoms. The van der Waals surface area contributed by atoms with E-state index in [1.54, 1.807) is 0 Å². The Hall–Kier alpha value is -0.570. The van der Waals surface area contributed by atoms with Crippen molar-refractivity contribution in [2.24, 2.45) is 35.3 Å². The molecule has 0 aliphatic heterocycles. The third-order valence-electron chi connectivity index (χ3n) is 6.55. The maximum atomic E-state index is 12.5. The fourth-order valence-corrected chi connectivity index (χ4v) is 4.90. The highest BCUT2D eigenvalue weighted by atomic mass is 16.6. The quantitative estimate of drug-likeness (QED) is 0.808. The first kappa shape index (κ1) is 14.4. The van der Waals surface area contributed by atoms with E-state index >= 15 is 0 Å². The smallest absolute Gasteiger partial charge is 0.311 e. The molecule has 2 N–H and O–H groups in total. The largest absolute Gasteiger partial charge is 0.459 e. The van der Waals surface area contributed by atoms with Gasteiger partial charge in [-0.25, -0.2) is 0 Å². The lowest BCUT2D eigenvalue weighted by molar-refractivity contribution is -0.208. The molecule has 0 radical (unpaired) electrons. The predicted octanol–water partition coefficient (Wildman–Crippen LogP) is 3.12. The van der Waals surface area contributed by atoms with Gasteiger partial charge >= 0.3 is 5.97 Å². The molecule has 0 aromatic heterocycles. The van der Waals surface area contributed by atoms with E-state index in [4.69, 9.17) is 10.5 Å². The Morgan fingerprint density at radius 2 is 1.60 bits per heavy atom. The van der Waals surface area contributed by atoms with Crippen LogP contribution in [0.15, 0.2) is 0 Å². The Labute approximate surface area is 122 Å². The van der Waals surface area contributed by atoms with Crippen molar-refractivity contribution in [2.75, 3.05) is 0 Å². The molecule has 4 aliphatic carbocycles. The minimum absolute atomic E-state index is 0.104. The standard InChI is InChI=1S/C17H29NO2/c1-10(16(2,3)18)15(19)20-17(4)13-6-11-5-12(8-13)9-14(17)7-11/h10-14H,5-9,18H2,1-4H3. The summed E-state index contributed by atoms with van der Waals surface area (Å²) in [6.07, 6.45) is 6.46. The molecule has 3 heteroatoms. The highest BCUT2D eigenvalue weighted by Crippen LogP contribution is 2.59. The van der Waals surface area contributed by atoms with E-state index in [1.807, 2.05) is 20.8 Å². The van der Waals surface area contributed by atoms with Crippen LogP contribution in [0.3, 0.4) is 0 Å². The van der Waals surface area contributed by atoms with Crippen LogP contribution in [0.25, 0.3) is 0 Å². The number of rotatable bonds is 3. The second-order valence-corrected chi connectivity index (χ2v) is 8.45. The second-order valence-electron chi connectivity index (χ2n) is 8.45. The van der Waals surface area contributed by atoms with Crippen molar-refractivity contribution < 1.29 is 9.53 Å². The number of carbonyl (C=O) groups excluding carboxylic acids is 1. The van der Waals surface area contributed by atoms with Crippen LogP contribution in [0.2, 0.25) is 0 Å². The maximum absolute atomic E-state index is 12.5. The molecule has 3 nitrogen and oxygen atoms in total. The zero-order chi connectivity index (χ0) is 14.7. The van der Waals surface area contributed by atoms with Crippen molar-refractivity contribution in [3.8, 4) is 0 Å². The van der Waals surface area contributed by atoms with Crippen LogP contribution in [0.1, 0.15) is 59.8 Å². The summed E-state index contributed by atoms with van der Waals surface area (Å²) in [5.41, 5.74) is 5.33. The van der Waals surface area contributed by atoms with Gasteiger partial charge in [0.2, 0.25) is 0 Å². The summed E-state index contributed by atoms with van der Waals surface area (Å²) >= 11 is 0. The third kappa shape index (κ3) is 2.18. The van der Waals surface area contributed by atoms with Crippen molar-refractivity contribution in [3.05, 3.63) is 0 Å². The molecular weight excluding hydrogens is 250 g/mol. The zero-order valence-electron chi connectivity index (χ0n) is 13.3. The summed E-state index contributed by atoms with van der Waals surface area (Å²) < 4.78 is 6.08. The number of carbonyl (C=O) groups is 1. The van der Waals surface area contributed by atoms with Gasteiger partial charge in [0.1, 0.15) is 5.60 Å². The van der Waals surface area contributed by atoms with E-state index in [1.165, 1.54) is 32.1 Å². The van der Waals surface area contributed by atoms with Gasteiger partial charge in [0.15, 0.2) is 0 Å². The number of esters is 1.